The molecule has 1 heterocycles. The van der Waals surface area contributed by atoms with E-state index in [9.17, 15) is 4.79 Å². The Kier molecular flexibility index (Phi) is 3.64. The lowest BCUT2D eigenvalue weighted by molar-refractivity contribution is -0.150. The Hall–Kier alpha value is -2.17. The van der Waals surface area contributed by atoms with Crippen LogP contribution in [0.5, 0.6) is 0 Å². The number of ether oxygens (including phenoxy) is 1. The van der Waals surface area contributed by atoms with Gasteiger partial charge in [-0.1, -0.05) is 30.3 Å². The SMILES string of the molecule is Cn1ncc(C(C)(C)C(=O)OCc2ccccc2)n1. The Morgan fingerprint density at radius 1 is 1.32 bits per heavy atom. The van der Waals surface area contributed by atoms with Gasteiger partial charge in [0.05, 0.1) is 11.9 Å². The number of nitrogens with zero attached hydrogens (tertiary/aromatic N) is 3. The molecule has 0 bridgehead atoms. The van der Waals surface area contributed by atoms with E-state index in [1.807, 2.05) is 30.3 Å². The summed E-state index contributed by atoms with van der Waals surface area (Å²) in [5.41, 5.74) is 0.766. The van der Waals surface area contributed by atoms with Gasteiger partial charge in [0.1, 0.15) is 12.0 Å². The maximum Gasteiger partial charge on any atom is 0.318 e. The first-order valence-corrected chi connectivity index (χ1v) is 6.08. The first-order valence-electron chi connectivity index (χ1n) is 6.08. The third-order valence-corrected chi connectivity index (χ3v) is 2.96. The van der Waals surface area contributed by atoms with E-state index < -0.39 is 5.41 Å². The highest BCUT2D eigenvalue weighted by molar-refractivity contribution is 5.81. The quantitative estimate of drug-likeness (QED) is 0.786. The summed E-state index contributed by atoms with van der Waals surface area (Å²) < 4.78 is 5.34. The van der Waals surface area contributed by atoms with Crippen molar-refractivity contribution < 1.29 is 9.53 Å². The van der Waals surface area contributed by atoms with Gasteiger partial charge in [0, 0.05) is 7.05 Å². The lowest BCUT2D eigenvalue weighted by Crippen LogP contribution is -2.31. The van der Waals surface area contributed by atoms with E-state index in [2.05, 4.69) is 10.2 Å². The molecule has 2 rings (SSSR count). The predicted molar refractivity (Wildman–Crippen MR) is 70.3 cm³/mol. The lowest BCUT2D eigenvalue weighted by atomic mass is 9.90. The van der Waals surface area contributed by atoms with Gasteiger partial charge in [0.15, 0.2) is 0 Å². The van der Waals surface area contributed by atoms with Crippen LogP contribution in [0, 0.1) is 0 Å². The average Bonchev–Trinajstić information content (AvgIpc) is 2.84. The van der Waals surface area contributed by atoms with Crippen LogP contribution in [-0.4, -0.2) is 21.0 Å². The molecule has 0 aliphatic carbocycles. The molecule has 1 aromatic carbocycles. The third-order valence-electron chi connectivity index (χ3n) is 2.96. The predicted octanol–water partition coefficient (Wildman–Crippen LogP) is 1.84. The van der Waals surface area contributed by atoms with Gasteiger partial charge < -0.3 is 4.74 Å². The normalized spacial score (nSPS) is 11.3. The second-order valence-electron chi connectivity index (χ2n) is 4.91. The van der Waals surface area contributed by atoms with E-state index in [1.165, 1.54) is 4.80 Å². The van der Waals surface area contributed by atoms with Gasteiger partial charge in [-0.05, 0) is 19.4 Å². The van der Waals surface area contributed by atoms with Crippen LogP contribution in [0.15, 0.2) is 36.5 Å². The van der Waals surface area contributed by atoms with Crippen LogP contribution >= 0.6 is 0 Å². The van der Waals surface area contributed by atoms with Crippen LogP contribution in [0.2, 0.25) is 0 Å². The number of aromatic nitrogens is 3. The number of hydrogen-bond acceptors (Lipinski definition) is 4. The highest BCUT2D eigenvalue weighted by Crippen LogP contribution is 2.22. The van der Waals surface area contributed by atoms with E-state index in [0.717, 1.165) is 5.56 Å². The van der Waals surface area contributed by atoms with Crippen LogP contribution in [-0.2, 0) is 28.6 Å². The molecule has 5 heteroatoms. The fourth-order valence-corrected chi connectivity index (χ4v) is 1.64. The van der Waals surface area contributed by atoms with Gasteiger partial charge in [-0.3, -0.25) is 4.79 Å². The highest BCUT2D eigenvalue weighted by Gasteiger charge is 2.34. The minimum absolute atomic E-state index is 0.267. The van der Waals surface area contributed by atoms with Crippen molar-refractivity contribution in [2.75, 3.05) is 0 Å². The number of hydrogen-bond donors (Lipinski definition) is 0. The van der Waals surface area contributed by atoms with Crippen molar-refractivity contribution in [3.8, 4) is 0 Å². The largest absolute Gasteiger partial charge is 0.460 e. The molecule has 0 radical (unpaired) electrons. The standard InChI is InChI=1S/C14H17N3O2/c1-14(2,12-9-15-17(3)16-12)13(18)19-10-11-7-5-4-6-8-11/h4-9H,10H2,1-3H3. The molecule has 0 spiro atoms. The Labute approximate surface area is 112 Å². The molecule has 0 aliphatic rings. The Balaban J connectivity index is 2.03. The van der Waals surface area contributed by atoms with Gasteiger partial charge in [0.2, 0.25) is 0 Å². The number of aryl methyl sites for hydroxylation is 1. The second kappa shape index (κ2) is 5.22. The number of rotatable bonds is 4. The summed E-state index contributed by atoms with van der Waals surface area (Å²) in [4.78, 5) is 13.6. The second-order valence-corrected chi connectivity index (χ2v) is 4.91. The first-order chi connectivity index (χ1) is 9.00. The zero-order chi connectivity index (χ0) is 13.9. The van der Waals surface area contributed by atoms with Crippen LogP contribution in [0.1, 0.15) is 25.1 Å². The van der Waals surface area contributed by atoms with Gasteiger partial charge in [0.25, 0.3) is 0 Å². The van der Waals surface area contributed by atoms with Crippen LogP contribution in [0.4, 0.5) is 0 Å². The zero-order valence-electron chi connectivity index (χ0n) is 11.3. The monoisotopic (exact) mass is 259 g/mol. The Morgan fingerprint density at radius 3 is 2.58 bits per heavy atom. The molecule has 0 saturated carbocycles. The van der Waals surface area contributed by atoms with E-state index in [-0.39, 0.29) is 12.6 Å². The third kappa shape index (κ3) is 2.99. The summed E-state index contributed by atoms with van der Waals surface area (Å²) in [5, 5.41) is 8.14. The van der Waals surface area contributed by atoms with E-state index >= 15 is 0 Å². The van der Waals surface area contributed by atoms with Crippen molar-refractivity contribution in [3.05, 3.63) is 47.8 Å². The molecule has 0 atom stereocenters. The molecule has 19 heavy (non-hydrogen) atoms. The molecule has 0 amide bonds. The molecule has 0 unspecified atom stereocenters. The molecule has 2 aromatic rings. The maximum absolute atomic E-state index is 12.1. The summed E-state index contributed by atoms with van der Waals surface area (Å²) in [7, 11) is 1.72. The van der Waals surface area contributed by atoms with Gasteiger partial charge in [-0.25, -0.2) is 0 Å². The topological polar surface area (TPSA) is 57.0 Å². The molecule has 100 valence electrons. The molecule has 0 fully saturated rings. The number of esters is 1. The summed E-state index contributed by atoms with van der Waals surface area (Å²) in [6.45, 7) is 3.83. The van der Waals surface area contributed by atoms with E-state index in [1.54, 1.807) is 27.1 Å². The van der Waals surface area contributed by atoms with Gasteiger partial charge in [-0.15, -0.1) is 0 Å². The molecule has 0 saturated heterocycles. The molecule has 0 aliphatic heterocycles. The molecule has 1 aromatic heterocycles. The first kappa shape index (κ1) is 13.3. The number of carbonyl (C=O) groups is 1. The maximum atomic E-state index is 12.1. The minimum atomic E-state index is -0.803. The van der Waals surface area contributed by atoms with Crippen molar-refractivity contribution in [1.29, 1.82) is 0 Å². The minimum Gasteiger partial charge on any atom is -0.460 e. The summed E-state index contributed by atoms with van der Waals surface area (Å²) in [6.07, 6.45) is 1.59. The van der Waals surface area contributed by atoms with Gasteiger partial charge >= 0.3 is 5.97 Å². The highest BCUT2D eigenvalue weighted by atomic mass is 16.5. The van der Waals surface area contributed by atoms with Crippen molar-refractivity contribution in [2.45, 2.75) is 25.9 Å². The fourth-order valence-electron chi connectivity index (χ4n) is 1.64. The Bertz CT molecular complexity index is 561. The number of carbonyl (C=O) groups excluding carboxylic acids is 1. The summed E-state index contributed by atoms with van der Waals surface area (Å²) in [6, 6.07) is 9.59. The zero-order valence-corrected chi connectivity index (χ0v) is 11.3. The van der Waals surface area contributed by atoms with Crippen LogP contribution < -0.4 is 0 Å². The number of benzene rings is 1. The lowest BCUT2D eigenvalue weighted by Gasteiger charge is -2.19. The Morgan fingerprint density at radius 2 is 2.00 bits per heavy atom. The average molecular weight is 259 g/mol. The summed E-state index contributed by atoms with van der Waals surface area (Å²) >= 11 is 0. The van der Waals surface area contributed by atoms with Crippen molar-refractivity contribution in [2.24, 2.45) is 7.05 Å². The molecular weight excluding hydrogens is 242 g/mol. The smallest absolute Gasteiger partial charge is 0.318 e. The van der Waals surface area contributed by atoms with Crippen LogP contribution in [0.25, 0.3) is 0 Å². The van der Waals surface area contributed by atoms with Crippen molar-refractivity contribution in [3.63, 3.8) is 0 Å². The van der Waals surface area contributed by atoms with E-state index in [0.29, 0.717) is 5.69 Å². The van der Waals surface area contributed by atoms with Crippen molar-refractivity contribution >= 4 is 5.97 Å². The van der Waals surface area contributed by atoms with Gasteiger partial charge in [-0.2, -0.15) is 15.0 Å². The molecule has 5 nitrogen and oxygen atoms in total. The van der Waals surface area contributed by atoms with Crippen LogP contribution in [0.3, 0.4) is 0 Å². The van der Waals surface area contributed by atoms with E-state index in [4.69, 9.17) is 4.74 Å². The van der Waals surface area contributed by atoms with Crippen molar-refractivity contribution in [1.82, 2.24) is 15.0 Å². The molecular formula is C14H17N3O2. The summed E-state index contributed by atoms with van der Waals surface area (Å²) in [5.74, 6) is -0.308. The fraction of sp³-hybridized carbons (Fsp3) is 0.357. The molecule has 0 N–H and O–H groups in total.